The second-order valence-corrected chi connectivity index (χ2v) is 6.38. The molecule has 0 radical (unpaired) electrons. The molecule has 3 N–H and O–H groups in total. The fourth-order valence-electron chi connectivity index (χ4n) is 2.94. The van der Waals surface area contributed by atoms with Crippen molar-refractivity contribution in [3.63, 3.8) is 0 Å². The predicted molar refractivity (Wildman–Crippen MR) is 98.8 cm³/mol. The Morgan fingerprint density at radius 3 is 2.70 bits per heavy atom. The summed E-state index contributed by atoms with van der Waals surface area (Å²) in [5, 5.41) is 21.9. The zero-order chi connectivity index (χ0) is 19.2. The molecule has 8 nitrogen and oxygen atoms in total. The Morgan fingerprint density at radius 1 is 1.19 bits per heavy atom. The lowest BCUT2D eigenvalue weighted by Crippen LogP contribution is -2.25. The predicted octanol–water partition coefficient (Wildman–Crippen LogP) is 1.75. The lowest BCUT2D eigenvalue weighted by atomic mass is 10.00. The molecule has 0 spiro atoms. The van der Waals surface area contributed by atoms with Gasteiger partial charge in [-0.15, -0.1) is 5.10 Å². The van der Waals surface area contributed by atoms with Gasteiger partial charge in [0.15, 0.2) is 0 Å². The van der Waals surface area contributed by atoms with Crippen molar-refractivity contribution < 1.29 is 14.8 Å². The molecule has 2 amide bonds. The third-order valence-electron chi connectivity index (χ3n) is 4.28. The van der Waals surface area contributed by atoms with Gasteiger partial charge < -0.3 is 5.32 Å². The number of nitrogens with one attached hydrogen (secondary N) is 2. The van der Waals surface area contributed by atoms with Crippen molar-refractivity contribution in [3.05, 3.63) is 59.9 Å². The van der Waals surface area contributed by atoms with E-state index in [1.807, 2.05) is 36.4 Å². The molecule has 3 aromatic rings. The Hall–Kier alpha value is -3.26. The summed E-state index contributed by atoms with van der Waals surface area (Å²) in [6.45, 7) is 1.70. The van der Waals surface area contributed by atoms with Gasteiger partial charge in [-0.1, -0.05) is 47.7 Å². The van der Waals surface area contributed by atoms with Gasteiger partial charge in [0.05, 0.1) is 25.2 Å². The molecule has 140 valence electrons. The molecule has 0 unspecified atom stereocenters. The van der Waals surface area contributed by atoms with Crippen molar-refractivity contribution in [2.24, 2.45) is 0 Å². The smallest absolute Gasteiger partial charge is 0.245 e. The minimum absolute atomic E-state index is 0.0479. The summed E-state index contributed by atoms with van der Waals surface area (Å²) >= 11 is 0. The van der Waals surface area contributed by atoms with Crippen LogP contribution < -0.4 is 10.8 Å². The number of hydrogen-bond acceptors (Lipinski definition) is 5. The van der Waals surface area contributed by atoms with Gasteiger partial charge in [-0.3, -0.25) is 14.8 Å². The largest absolute Gasteiger partial charge is 0.351 e. The van der Waals surface area contributed by atoms with Gasteiger partial charge in [0.2, 0.25) is 11.8 Å². The third-order valence-corrected chi connectivity index (χ3v) is 4.28. The van der Waals surface area contributed by atoms with Gasteiger partial charge in [-0.05, 0) is 22.8 Å². The van der Waals surface area contributed by atoms with Gasteiger partial charge in [-0.25, -0.2) is 10.2 Å². The monoisotopic (exact) mass is 367 g/mol. The maximum Gasteiger partial charge on any atom is 0.245 e. The first-order valence-electron chi connectivity index (χ1n) is 8.61. The molecular weight excluding hydrogens is 346 g/mol. The van der Waals surface area contributed by atoms with Crippen molar-refractivity contribution in [2.45, 2.75) is 32.4 Å². The molecule has 1 atom stereocenters. The van der Waals surface area contributed by atoms with E-state index in [1.54, 1.807) is 16.4 Å². The Labute approximate surface area is 156 Å². The standard InChI is InChI=1S/C19H21N5O3/c1-13(25)20-11-17-12-24(23-21-17)18(10-19(26)22-27)9-14-6-7-15-4-2-3-5-16(15)8-14/h2-8,12,18,27H,9-11H2,1H3,(H,20,25)(H,22,26)/t18-/m1/s1. The molecule has 8 heteroatoms. The van der Waals surface area contributed by atoms with Crippen LogP contribution in [0.2, 0.25) is 0 Å². The Kier molecular flexibility index (Phi) is 5.77. The fraction of sp³-hybridized carbons (Fsp3) is 0.263. The first-order chi connectivity index (χ1) is 13.0. The highest BCUT2D eigenvalue weighted by Gasteiger charge is 2.18. The molecule has 0 saturated heterocycles. The number of amides is 2. The summed E-state index contributed by atoms with van der Waals surface area (Å²) in [7, 11) is 0. The lowest BCUT2D eigenvalue weighted by Gasteiger charge is -2.16. The van der Waals surface area contributed by atoms with Crippen molar-refractivity contribution in [3.8, 4) is 0 Å². The molecule has 1 aromatic heterocycles. The fourth-order valence-corrected chi connectivity index (χ4v) is 2.94. The van der Waals surface area contributed by atoms with E-state index >= 15 is 0 Å². The van der Waals surface area contributed by atoms with Crippen molar-refractivity contribution in [1.29, 1.82) is 0 Å². The minimum Gasteiger partial charge on any atom is -0.351 e. The molecule has 0 aliphatic heterocycles. The number of carbonyl (C=O) groups is 2. The van der Waals surface area contributed by atoms with Crippen LogP contribution in [0.3, 0.4) is 0 Å². The average molecular weight is 367 g/mol. The normalized spacial score (nSPS) is 11.9. The van der Waals surface area contributed by atoms with Crippen LogP contribution in [0.4, 0.5) is 0 Å². The summed E-state index contributed by atoms with van der Waals surface area (Å²) in [4.78, 5) is 22.8. The number of aromatic nitrogens is 3. The Bertz CT molecular complexity index is 953. The van der Waals surface area contributed by atoms with E-state index in [0.717, 1.165) is 16.3 Å². The first kappa shape index (κ1) is 18.5. The van der Waals surface area contributed by atoms with Crippen molar-refractivity contribution in [1.82, 2.24) is 25.8 Å². The average Bonchev–Trinajstić information content (AvgIpc) is 3.14. The SMILES string of the molecule is CC(=O)NCc1cn([C@@H](CC(=O)NO)Cc2ccc3ccccc3c2)nn1. The summed E-state index contributed by atoms with van der Waals surface area (Å²) in [6.07, 6.45) is 2.29. The van der Waals surface area contributed by atoms with Crippen molar-refractivity contribution >= 4 is 22.6 Å². The highest BCUT2D eigenvalue weighted by atomic mass is 16.5. The lowest BCUT2D eigenvalue weighted by molar-refractivity contribution is -0.130. The number of carbonyl (C=O) groups excluding carboxylic acids is 2. The second-order valence-electron chi connectivity index (χ2n) is 6.38. The zero-order valence-electron chi connectivity index (χ0n) is 14.9. The number of fused-ring (bicyclic) bond motifs is 1. The van der Waals surface area contributed by atoms with E-state index in [9.17, 15) is 9.59 Å². The molecule has 3 rings (SSSR count). The number of benzene rings is 2. The van der Waals surface area contributed by atoms with Gasteiger partial charge >= 0.3 is 0 Å². The van der Waals surface area contributed by atoms with Crippen LogP contribution in [0.1, 0.15) is 30.6 Å². The molecule has 0 bridgehead atoms. The van der Waals surface area contributed by atoms with Gasteiger partial charge in [0.1, 0.15) is 5.69 Å². The maximum atomic E-state index is 11.7. The van der Waals surface area contributed by atoms with Gasteiger partial charge in [0.25, 0.3) is 0 Å². The van der Waals surface area contributed by atoms with E-state index in [-0.39, 0.29) is 24.9 Å². The van der Waals surface area contributed by atoms with Crippen LogP contribution in [-0.2, 0) is 22.6 Å². The summed E-state index contributed by atoms with van der Waals surface area (Å²) in [6, 6.07) is 13.9. The van der Waals surface area contributed by atoms with Crippen molar-refractivity contribution in [2.75, 3.05) is 0 Å². The highest BCUT2D eigenvalue weighted by molar-refractivity contribution is 5.83. The number of nitrogens with zero attached hydrogens (tertiary/aromatic N) is 3. The minimum atomic E-state index is -0.500. The third kappa shape index (κ3) is 4.89. The molecule has 0 aliphatic carbocycles. The summed E-state index contributed by atoms with van der Waals surface area (Å²) in [5.74, 6) is -0.656. The second kappa shape index (κ2) is 8.41. The summed E-state index contributed by atoms with van der Waals surface area (Å²) < 4.78 is 1.60. The van der Waals surface area contributed by atoms with E-state index in [1.165, 1.54) is 6.92 Å². The molecular formula is C19H21N5O3. The first-order valence-corrected chi connectivity index (χ1v) is 8.61. The summed E-state index contributed by atoms with van der Waals surface area (Å²) in [5.41, 5.74) is 3.31. The quantitative estimate of drug-likeness (QED) is 0.435. The topological polar surface area (TPSA) is 109 Å². The van der Waals surface area contributed by atoms with E-state index in [4.69, 9.17) is 5.21 Å². The molecule has 0 saturated carbocycles. The Balaban J connectivity index is 1.81. The molecule has 2 aromatic carbocycles. The highest BCUT2D eigenvalue weighted by Crippen LogP contribution is 2.22. The number of hydroxylamine groups is 1. The molecule has 1 heterocycles. The van der Waals surface area contributed by atoms with Crippen LogP contribution >= 0.6 is 0 Å². The van der Waals surface area contributed by atoms with E-state index < -0.39 is 5.91 Å². The zero-order valence-corrected chi connectivity index (χ0v) is 14.9. The van der Waals surface area contributed by atoms with Gasteiger partial charge in [-0.2, -0.15) is 0 Å². The number of hydrogen-bond donors (Lipinski definition) is 3. The molecule has 0 aliphatic rings. The molecule has 0 fully saturated rings. The van der Waals surface area contributed by atoms with Crippen LogP contribution in [0.25, 0.3) is 10.8 Å². The van der Waals surface area contributed by atoms with Crippen LogP contribution in [0.15, 0.2) is 48.7 Å². The molecule has 27 heavy (non-hydrogen) atoms. The van der Waals surface area contributed by atoms with Gasteiger partial charge in [0, 0.05) is 6.92 Å². The Morgan fingerprint density at radius 2 is 1.96 bits per heavy atom. The van der Waals surface area contributed by atoms with E-state index in [0.29, 0.717) is 12.1 Å². The van der Waals surface area contributed by atoms with Crippen LogP contribution in [-0.4, -0.2) is 32.0 Å². The van der Waals surface area contributed by atoms with Crippen LogP contribution in [0, 0.1) is 0 Å². The van der Waals surface area contributed by atoms with E-state index in [2.05, 4.69) is 21.7 Å². The van der Waals surface area contributed by atoms with Crippen LogP contribution in [0.5, 0.6) is 0 Å². The maximum absolute atomic E-state index is 11.7. The number of rotatable bonds is 7.